The van der Waals surface area contributed by atoms with Crippen molar-refractivity contribution >= 4 is 51.3 Å². The third kappa shape index (κ3) is 13.2. The quantitative estimate of drug-likeness (QED) is 0.0710. The Bertz CT molecular complexity index is 1380. The number of nitrogens with zero attached hydrogens (tertiary/aromatic N) is 3. The molecule has 0 atom stereocenters. The summed E-state index contributed by atoms with van der Waals surface area (Å²) in [6.45, 7) is 7.29. The van der Waals surface area contributed by atoms with Gasteiger partial charge in [-0.05, 0) is 45.7 Å². The lowest BCUT2D eigenvalue weighted by Gasteiger charge is -2.25. The maximum atomic E-state index is 12.8. The van der Waals surface area contributed by atoms with Crippen LogP contribution in [0.25, 0.3) is 21.8 Å². The van der Waals surface area contributed by atoms with Crippen molar-refractivity contribution in [2.45, 2.75) is 46.5 Å². The molecule has 1 heterocycles. The van der Waals surface area contributed by atoms with E-state index in [1.807, 2.05) is 36.4 Å². The molecule has 0 spiro atoms. The molecule has 3 rings (SSSR count). The summed E-state index contributed by atoms with van der Waals surface area (Å²) >= 11 is 0. The second-order valence-electron chi connectivity index (χ2n) is 11.0. The van der Waals surface area contributed by atoms with Crippen LogP contribution in [0.15, 0.2) is 48.5 Å². The van der Waals surface area contributed by atoms with Crippen LogP contribution in [0.2, 0.25) is 0 Å². The van der Waals surface area contributed by atoms with E-state index in [9.17, 15) is 19.2 Å². The van der Waals surface area contributed by atoms with E-state index < -0.39 is 17.9 Å². The minimum Gasteiger partial charge on any atom is -0.465 e. The van der Waals surface area contributed by atoms with E-state index in [2.05, 4.69) is 22.8 Å². The molecule has 0 fully saturated rings. The van der Waals surface area contributed by atoms with Crippen LogP contribution in [-0.2, 0) is 33.4 Å². The van der Waals surface area contributed by atoms with E-state index in [4.69, 9.17) is 19.2 Å². The molecule has 0 aliphatic rings. The van der Waals surface area contributed by atoms with Gasteiger partial charge < -0.3 is 24.8 Å². The van der Waals surface area contributed by atoms with Crippen molar-refractivity contribution < 1.29 is 33.4 Å². The van der Waals surface area contributed by atoms with Gasteiger partial charge in [-0.15, -0.1) is 0 Å². The molecular weight excluding hydrogens is 602 g/mol. The number of ether oxygens (including phenoxy) is 3. The number of aromatic nitrogens is 1. The predicted molar refractivity (Wildman–Crippen MR) is 182 cm³/mol. The molecule has 1 aromatic heterocycles. The van der Waals surface area contributed by atoms with Gasteiger partial charge in [0.25, 0.3) is 0 Å². The van der Waals surface area contributed by atoms with Crippen molar-refractivity contribution in [3.8, 4) is 0 Å². The SMILES string of the molecule is CCOC(=O)CN(CCN(CC(=O)OCC)CC(=O)OCC)CC(=O)NCCCCCCNc1c2ccccc2nc2ccccc12. The van der Waals surface area contributed by atoms with E-state index in [0.717, 1.165) is 59.7 Å². The number of unbranched alkanes of at least 4 members (excludes halogenated alkanes) is 3. The highest BCUT2D eigenvalue weighted by atomic mass is 16.5. The van der Waals surface area contributed by atoms with Gasteiger partial charge >= 0.3 is 17.9 Å². The van der Waals surface area contributed by atoms with Crippen LogP contribution in [0, 0.1) is 0 Å². The van der Waals surface area contributed by atoms with Crippen molar-refractivity contribution in [3.63, 3.8) is 0 Å². The molecule has 1 amide bonds. The van der Waals surface area contributed by atoms with E-state index in [1.54, 1.807) is 30.6 Å². The van der Waals surface area contributed by atoms with Crippen LogP contribution in [-0.4, -0.2) is 111 Å². The Hall–Kier alpha value is -4.29. The average molecular weight is 652 g/mol. The molecule has 12 heteroatoms. The summed E-state index contributed by atoms with van der Waals surface area (Å²) < 4.78 is 15.1. The monoisotopic (exact) mass is 651 g/mol. The predicted octanol–water partition coefficient (Wildman–Crippen LogP) is 3.77. The molecule has 47 heavy (non-hydrogen) atoms. The van der Waals surface area contributed by atoms with E-state index >= 15 is 0 Å². The van der Waals surface area contributed by atoms with Crippen LogP contribution in [0.1, 0.15) is 46.5 Å². The number of rotatable bonds is 22. The highest BCUT2D eigenvalue weighted by molar-refractivity contribution is 6.07. The standard InChI is InChI=1S/C35H49N5O7/c1-4-45-32(42)24-39(21-22-40(25-33(43)46-5-2)26-34(44)47-6-3)23-31(41)36-19-13-7-8-14-20-37-35-27-15-9-11-17-29(27)38-30-18-12-10-16-28(30)35/h9-12,15-18H,4-8,13-14,19-26H2,1-3H3,(H,36,41)(H,37,38). The van der Waals surface area contributed by atoms with Crippen molar-refractivity contribution in [3.05, 3.63) is 48.5 Å². The first-order chi connectivity index (χ1) is 22.8. The molecule has 3 aromatic rings. The van der Waals surface area contributed by atoms with E-state index in [-0.39, 0.29) is 65.0 Å². The number of hydrogen-bond acceptors (Lipinski definition) is 11. The molecule has 0 saturated heterocycles. The fourth-order valence-corrected chi connectivity index (χ4v) is 5.21. The molecule has 256 valence electrons. The van der Waals surface area contributed by atoms with Gasteiger partial charge in [0.15, 0.2) is 0 Å². The number of anilines is 1. The summed E-state index contributed by atoms with van der Waals surface area (Å²) in [5, 5.41) is 8.79. The van der Waals surface area contributed by atoms with Crippen LogP contribution in [0.3, 0.4) is 0 Å². The maximum Gasteiger partial charge on any atom is 0.320 e. The van der Waals surface area contributed by atoms with Gasteiger partial charge in [-0.2, -0.15) is 0 Å². The molecule has 0 bridgehead atoms. The highest BCUT2D eigenvalue weighted by Crippen LogP contribution is 2.30. The number of carbonyl (C=O) groups is 4. The zero-order valence-corrected chi connectivity index (χ0v) is 27.9. The normalized spacial score (nSPS) is 11.2. The van der Waals surface area contributed by atoms with Crippen LogP contribution >= 0.6 is 0 Å². The van der Waals surface area contributed by atoms with Gasteiger partial charge in [0.05, 0.1) is 62.7 Å². The van der Waals surface area contributed by atoms with Gasteiger partial charge in [-0.1, -0.05) is 49.2 Å². The van der Waals surface area contributed by atoms with Crippen LogP contribution < -0.4 is 10.6 Å². The summed E-state index contributed by atoms with van der Waals surface area (Å²) in [4.78, 5) is 57.2. The smallest absolute Gasteiger partial charge is 0.320 e. The second-order valence-corrected chi connectivity index (χ2v) is 11.0. The van der Waals surface area contributed by atoms with Gasteiger partial charge in [-0.25, -0.2) is 4.98 Å². The maximum absolute atomic E-state index is 12.8. The Balaban J connectivity index is 1.42. The molecule has 0 unspecified atom stereocenters. The summed E-state index contributed by atoms with van der Waals surface area (Å²) in [6.07, 6.45) is 3.79. The zero-order chi connectivity index (χ0) is 33.9. The third-order valence-electron chi connectivity index (χ3n) is 7.39. The Kier molecular flexibility index (Phi) is 16.4. The van der Waals surface area contributed by atoms with Gasteiger partial charge in [0.2, 0.25) is 5.91 Å². The number of para-hydroxylation sites is 2. The summed E-state index contributed by atoms with van der Waals surface area (Å²) in [6, 6.07) is 16.3. The van der Waals surface area contributed by atoms with E-state index in [0.29, 0.717) is 6.54 Å². The average Bonchev–Trinajstić information content (AvgIpc) is 3.04. The Morgan fingerprint density at radius 1 is 0.617 bits per heavy atom. The van der Waals surface area contributed by atoms with Crippen molar-refractivity contribution in [2.75, 3.05) is 77.5 Å². The molecule has 0 radical (unpaired) electrons. The Morgan fingerprint density at radius 3 is 1.55 bits per heavy atom. The minimum absolute atomic E-state index is 0.0246. The largest absolute Gasteiger partial charge is 0.465 e. The lowest BCUT2D eigenvalue weighted by atomic mass is 10.1. The number of amides is 1. The molecule has 0 aliphatic heterocycles. The molecule has 2 N–H and O–H groups in total. The molecular formula is C35H49N5O7. The van der Waals surface area contributed by atoms with Gasteiger partial charge in [0, 0.05) is 37.0 Å². The first-order valence-electron chi connectivity index (χ1n) is 16.5. The zero-order valence-electron chi connectivity index (χ0n) is 27.9. The van der Waals surface area contributed by atoms with Crippen molar-refractivity contribution in [1.82, 2.24) is 20.1 Å². The molecule has 12 nitrogen and oxygen atoms in total. The number of benzene rings is 2. The second kappa shape index (κ2) is 20.8. The topological polar surface area (TPSA) is 139 Å². The first-order valence-corrected chi connectivity index (χ1v) is 16.5. The molecule has 2 aromatic carbocycles. The number of carbonyl (C=O) groups excluding carboxylic acids is 4. The summed E-state index contributed by atoms with van der Waals surface area (Å²) in [5.41, 5.74) is 3.04. The number of pyridine rings is 1. The lowest BCUT2D eigenvalue weighted by molar-refractivity contribution is -0.149. The van der Waals surface area contributed by atoms with Crippen molar-refractivity contribution in [1.29, 1.82) is 0 Å². The summed E-state index contributed by atoms with van der Waals surface area (Å²) in [5.74, 6) is -1.61. The molecule has 0 aliphatic carbocycles. The van der Waals surface area contributed by atoms with Gasteiger partial charge in [0.1, 0.15) is 0 Å². The van der Waals surface area contributed by atoms with Crippen molar-refractivity contribution in [2.24, 2.45) is 0 Å². The number of esters is 3. The summed E-state index contributed by atoms with van der Waals surface area (Å²) in [7, 11) is 0. The van der Waals surface area contributed by atoms with Crippen LogP contribution in [0.4, 0.5) is 5.69 Å². The number of nitrogens with one attached hydrogen (secondary N) is 2. The highest BCUT2D eigenvalue weighted by Gasteiger charge is 2.20. The van der Waals surface area contributed by atoms with E-state index in [1.165, 1.54) is 0 Å². The lowest BCUT2D eigenvalue weighted by Crippen LogP contribution is -2.46. The third-order valence-corrected chi connectivity index (χ3v) is 7.39. The Labute approximate surface area is 277 Å². The Morgan fingerprint density at radius 2 is 1.06 bits per heavy atom. The number of hydrogen-bond donors (Lipinski definition) is 2. The van der Waals surface area contributed by atoms with Gasteiger partial charge in [-0.3, -0.25) is 29.0 Å². The van der Waals surface area contributed by atoms with Crippen LogP contribution in [0.5, 0.6) is 0 Å². The molecule has 0 saturated carbocycles. The fraction of sp³-hybridized carbons (Fsp3) is 0.514. The minimum atomic E-state index is -0.471. The number of fused-ring (bicyclic) bond motifs is 2. The first kappa shape index (κ1) is 37.2. The fourth-order valence-electron chi connectivity index (χ4n) is 5.21.